The molecule has 2 aromatic rings. The number of carboxylic acids is 1. The minimum Gasteiger partial charge on any atom is -0.481 e. The first-order valence-electron chi connectivity index (χ1n) is 9.40. The van der Waals surface area contributed by atoms with E-state index in [1.165, 1.54) is 7.11 Å². The molecule has 1 aliphatic rings. The number of carbonyl (C=O) groups excluding carboxylic acids is 3. The van der Waals surface area contributed by atoms with E-state index in [4.69, 9.17) is 4.74 Å². The van der Waals surface area contributed by atoms with Crippen molar-refractivity contribution in [2.24, 2.45) is 5.92 Å². The number of hydrogen-bond donors (Lipinski definition) is 3. The highest BCUT2D eigenvalue weighted by Crippen LogP contribution is 2.44. The molecule has 2 aromatic carbocycles. The Morgan fingerprint density at radius 2 is 1.67 bits per heavy atom. The number of amides is 2. The Hall–Kier alpha value is -3.68. The lowest BCUT2D eigenvalue weighted by Gasteiger charge is -2.22. The zero-order chi connectivity index (χ0) is 21.7. The molecule has 0 spiro atoms. The molecule has 156 valence electrons. The highest BCUT2D eigenvalue weighted by Gasteiger charge is 2.65. The topological polar surface area (TPSA) is 122 Å². The predicted molar refractivity (Wildman–Crippen MR) is 106 cm³/mol. The number of ether oxygens (including phenoxy) is 1. The van der Waals surface area contributed by atoms with Gasteiger partial charge in [0.15, 0.2) is 0 Å². The lowest BCUT2D eigenvalue weighted by atomic mass is 10.0. The molecular formula is C22H22N2O6. The second-order valence-corrected chi connectivity index (χ2v) is 7.13. The molecule has 3 atom stereocenters. The number of carboxylic acid groups (broad SMARTS) is 1. The SMILES string of the molecule is COC(=O)[C@H](Cc1ccccc1)NC(=O)[C@]1(NC(=O)c2ccccc2)C[C@H]1C(=O)O. The minimum atomic E-state index is -1.62. The van der Waals surface area contributed by atoms with E-state index in [1.54, 1.807) is 54.6 Å². The molecule has 30 heavy (non-hydrogen) atoms. The Morgan fingerprint density at radius 3 is 2.20 bits per heavy atom. The summed E-state index contributed by atoms with van der Waals surface area (Å²) in [6, 6.07) is 16.2. The molecule has 0 heterocycles. The summed E-state index contributed by atoms with van der Waals surface area (Å²) in [5, 5.41) is 14.5. The van der Waals surface area contributed by atoms with Crippen LogP contribution in [0, 0.1) is 5.92 Å². The smallest absolute Gasteiger partial charge is 0.328 e. The average Bonchev–Trinajstić information content (AvgIpc) is 3.50. The number of hydrogen-bond acceptors (Lipinski definition) is 5. The van der Waals surface area contributed by atoms with Gasteiger partial charge in [0.05, 0.1) is 13.0 Å². The Labute approximate surface area is 173 Å². The second-order valence-electron chi connectivity index (χ2n) is 7.13. The highest BCUT2D eigenvalue weighted by atomic mass is 16.5. The van der Waals surface area contributed by atoms with Crippen molar-refractivity contribution >= 4 is 23.8 Å². The molecule has 2 amide bonds. The number of esters is 1. The molecule has 3 N–H and O–H groups in total. The van der Waals surface area contributed by atoms with Crippen LogP contribution >= 0.6 is 0 Å². The van der Waals surface area contributed by atoms with Crippen LogP contribution in [0.15, 0.2) is 60.7 Å². The molecule has 1 saturated carbocycles. The maximum absolute atomic E-state index is 13.0. The average molecular weight is 410 g/mol. The van der Waals surface area contributed by atoms with Crippen LogP contribution in [-0.4, -0.2) is 47.6 Å². The molecule has 0 unspecified atom stereocenters. The summed E-state index contributed by atoms with van der Waals surface area (Å²) >= 11 is 0. The van der Waals surface area contributed by atoms with Crippen molar-refractivity contribution < 1.29 is 29.0 Å². The molecule has 1 fully saturated rings. The summed E-state index contributed by atoms with van der Waals surface area (Å²) in [5.41, 5.74) is -0.530. The lowest BCUT2D eigenvalue weighted by molar-refractivity contribution is -0.145. The normalized spacial score (nSPS) is 20.5. The van der Waals surface area contributed by atoms with Crippen LogP contribution < -0.4 is 10.6 Å². The van der Waals surface area contributed by atoms with E-state index in [9.17, 15) is 24.3 Å². The van der Waals surface area contributed by atoms with E-state index in [0.717, 1.165) is 5.56 Å². The van der Waals surface area contributed by atoms with Gasteiger partial charge in [-0.25, -0.2) is 4.79 Å². The second kappa shape index (κ2) is 8.77. The first-order chi connectivity index (χ1) is 14.4. The van der Waals surface area contributed by atoms with Crippen molar-refractivity contribution in [2.45, 2.75) is 24.4 Å². The quantitative estimate of drug-likeness (QED) is 0.562. The van der Waals surface area contributed by atoms with Gasteiger partial charge in [0.2, 0.25) is 5.91 Å². The van der Waals surface area contributed by atoms with Crippen molar-refractivity contribution in [1.82, 2.24) is 10.6 Å². The zero-order valence-electron chi connectivity index (χ0n) is 16.3. The molecule has 0 bridgehead atoms. The van der Waals surface area contributed by atoms with Crippen LogP contribution in [0.25, 0.3) is 0 Å². The molecule has 1 aliphatic carbocycles. The summed E-state index contributed by atoms with van der Waals surface area (Å²) in [6.07, 6.45) is 0.103. The molecule has 8 nitrogen and oxygen atoms in total. The van der Waals surface area contributed by atoms with Gasteiger partial charge in [-0.3, -0.25) is 14.4 Å². The van der Waals surface area contributed by atoms with Crippen LogP contribution in [0.3, 0.4) is 0 Å². The predicted octanol–water partition coefficient (Wildman–Crippen LogP) is 1.16. The molecule has 0 aliphatic heterocycles. The summed E-state index contributed by atoms with van der Waals surface area (Å²) < 4.78 is 4.79. The Bertz CT molecular complexity index is 947. The first-order valence-corrected chi connectivity index (χ1v) is 9.40. The summed E-state index contributed by atoms with van der Waals surface area (Å²) in [7, 11) is 1.20. The maximum Gasteiger partial charge on any atom is 0.328 e. The van der Waals surface area contributed by atoms with Crippen molar-refractivity contribution in [3.63, 3.8) is 0 Å². The fraction of sp³-hybridized carbons (Fsp3) is 0.273. The van der Waals surface area contributed by atoms with Crippen molar-refractivity contribution in [1.29, 1.82) is 0 Å². The molecule has 8 heteroatoms. The molecule has 0 saturated heterocycles. The minimum absolute atomic E-state index is 0.0635. The van der Waals surface area contributed by atoms with Gasteiger partial charge in [-0.05, 0) is 24.1 Å². The van der Waals surface area contributed by atoms with Crippen molar-refractivity contribution in [3.05, 3.63) is 71.8 Å². The highest BCUT2D eigenvalue weighted by molar-refractivity contribution is 6.05. The monoisotopic (exact) mass is 410 g/mol. The van der Waals surface area contributed by atoms with Crippen molar-refractivity contribution in [2.75, 3.05) is 7.11 Å². The van der Waals surface area contributed by atoms with Gasteiger partial charge in [-0.15, -0.1) is 0 Å². The first kappa shape index (κ1) is 21.0. The third kappa shape index (κ3) is 4.48. The molecule has 3 rings (SSSR count). The van der Waals surface area contributed by atoms with Gasteiger partial charge >= 0.3 is 11.9 Å². The van der Waals surface area contributed by atoms with Crippen LogP contribution in [0.1, 0.15) is 22.3 Å². The molecular weight excluding hydrogens is 388 g/mol. The standard InChI is InChI=1S/C22H22N2O6/c1-30-20(28)17(12-14-8-4-2-5-9-14)23-21(29)22(13-16(22)19(26)27)24-18(25)15-10-6-3-7-11-15/h2-11,16-17H,12-13H2,1H3,(H,23,29)(H,24,25)(H,26,27)/t16-,17-,22-/m0/s1. The van der Waals surface area contributed by atoms with E-state index in [2.05, 4.69) is 10.6 Å². The fourth-order valence-corrected chi connectivity index (χ4v) is 3.34. The van der Waals surface area contributed by atoms with E-state index in [1.807, 2.05) is 6.07 Å². The number of rotatable bonds is 8. The molecule has 0 radical (unpaired) electrons. The van der Waals surface area contributed by atoms with E-state index < -0.39 is 41.3 Å². The Balaban J connectivity index is 1.79. The van der Waals surface area contributed by atoms with Gasteiger partial charge < -0.3 is 20.5 Å². The zero-order valence-corrected chi connectivity index (χ0v) is 16.3. The van der Waals surface area contributed by atoms with Crippen LogP contribution in [-0.2, 0) is 25.5 Å². The Kier molecular flexibility index (Phi) is 6.15. The number of aliphatic carboxylic acids is 1. The van der Waals surface area contributed by atoms with E-state index in [0.29, 0.717) is 5.56 Å². The van der Waals surface area contributed by atoms with Gasteiger partial charge in [0.25, 0.3) is 5.91 Å². The lowest BCUT2D eigenvalue weighted by Crippen LogP contribution is -2.55. The van der Waals surface area contributed by atoms with Crippen LogP contribution in [0.4, 0.5) is 0 Å². The summed E-state index contributed by atoms with van der Waals surface area (Å²) in [4.78, 5) is 49.4. The third-order valence-corrected chi connectivity index (χ3v) is 5.11. The fourth-order valence-electron chi connectivity index (χ4n) is 3.34. The molecule has 0 aromatic heterocycles. The van der Waals surface area contributed by atoms with Crippen LogP contribution in [0.2, 0.25) is 0 Å². The van der Waals surface area contributed by atoms with Gasteiger partial charge in [0.1, 0.15) is 11.6 Å². The van der Waals surface area contributed by atoms with Gasteiger partial charge in [0, 0.05) is 12.0 Å². The van der Waals surface area contributed by atoms with Crippen LogP contribution in [0.5, 0.6) is 0 Å². The largest absolute Gasteiger partial charge is 0.481 e. The summed E-state index contributed by atoms with van der Waals surface area (Å²) in [5.74, 6) is -4.24. The number of benzene rings is 2. The van der Waals surface area contributed by atoms with Crippen molar-refractivity contribution in [3.8, 4) is 0 Å². The van der Waals surface area contributed by atoms with Gasteiger partial charge in [-0.2, -0.15) is 0 Å². The number of nitrogens with one attached hydrogen (secondary N) is 2. The third-order valence-electron chi connectivity index (χ3n) is 5.11. The van der Waals surface area contributed by atoms with Gasteiger partial charge in [-0.1, -0.05) is 48.5 Å². The number of methoxy groups -OCH3 is 1. The Morgan fingerprint density at radius 1 is 1.07 bits per heavy atom. The van der Waals surface area contributed by atoms with E-state index in [-0.39, 0.29) is 12.8 Å². The number of carbonyl (C=O) groups is 4. The summed E-state index contributed by atoms with van der Waals surface area (Å²) in [6.45, 7) is 0. The maximum atomic E-state index is 13.0. The van der Waals surface area contributed by atoms with E-state index >= 15 is 0 Å².